The van der Waals surface area contributed by atoms with E-state index in [4.69, 9.17) is 4.74 Å². The van der Waals surface area contributed by atoms with Gasteiger partial charge in [0.15, 0.2) is 0 Å². The molecule has 2 nitrogen and oxygen atoms in total. The van der Waals surface area contributed by atoms with E-state index >= 15 is 0 Å². The Hall–Kier alpha value is -1.28. The molecule has 106 valence electrons. The Balaban J connectivity index is 2.61. The standard InChI is InChI=1S/C17H27NO/c1-13(2)12-18-10-6-7-15(4)16-11-14(3)8-9-17(16)19-5/h7-9,11,13,18H,6,10,12H2,1-5H3. The number of ether oxygens (including phenoxy) is 1. The molecule has 0 aliphatic carbocycles. The molecule has 19 heavy (non-hydrogen) atoms. The predicted octanol–water partition coefficient (Wildman–Crippen LogP) is 4.04. The SMILES string of the molecule is COc1ccc(C)cc1C(C)=CCCNCC(C)C. The molecular formula is C17H27NO. The maximum Gasteiger partial charge on any atom is 0.126 e. The average molecular weight is 261 g/mol. The van der Waals surface area contributed by atoms with Crippen molar-refractivity contribution in [3.8, 4) is 5.75 Å². The molecule has 1 aromatic rings. The predicted molar refractivity (Wildman–Crippen MR) is 83.7 cm³/mol. The fraction of sp³-hybridized carbons (Fsp3) is 0.529. The lowest BCUT2D eigenvalue weighted by Gasteiger charge is -2.10. The monoisotopic (exact) mass is 261 g/mol. The van der Waals surface area contributed by atoms with Gasteiger partial charge in [0.25, 0.3) is 0 Å². The molecule has 0 heterocycles. The Morgan fingerprint density at radius 2 is 2.11 bits per heavy atom. The van der Waals surface area contributed by atoms with Gasteiger partial charge in [-0.3, -0.25) is 0 Å². The highest BCUT2D eigenvalue weighted by Gasteiger charge is 2.04. The third-order valence-corrected chi connectivity index (χ3v) is 3.10. The normalized spacial score (nSPS) is 12.0. The summed E-state index contributed by atoms with van der Waals surface area (Å²) in [5, 5.41) is 3.46. The van der Waals surface area contributed by atoms with Gasteiger partial charge in [0.2, 0.25) is 0 Å². The van der Waals surface area contributed by atoms with Crippen LogP contribution in [0.1, 0.15) is 38.3 Å². The third kappa shape index (κ3) is 5.48. The zero-order chi connectivity index (χ0) is 14.3. The van der Waals surface area contributed by atoms with E-state index in [1.807, 2.05) is 6.07 Å². The van der Waals surface area contributed by atoms with Crippen LogP contribution in [0.4, 0.5) is 0 Å². The Labute approximate surface area is 117 Å². The summed E-state index contributed by atoms with van der Waals surface area (Å²) in [7, 11) is 1.73. The van der Waals surface area contributed by atoms with Gasteiger partial charge in [-0.2, -0.15) is 0 Å². The van der Waals surface area contributed by atoms with Gasteiger partial charge >= 0.3 is 0 Å². The number of methoxy groups -OCH3 is 1. The first-order valence-electron chi connectivity index (χ1n) is 7.07. The molecule has 0 aliphatic heterocycles. The average Bonchev–Trinajstić information content (AvgIpc) is 2.37. The van der Waals surface area contributed by atoms with Gasteiger partial charge in [-0.25, -0.2) is 0 Å². The van der Waals surface area contributed by atoms with Gasteiger partial charge in [0, 0.05) is 5.56 Å². The zero-order valence-corrected chi connectivity index (χ0v) is 12.9. The van der Waals surface area contributed by atoms with Crippen molar-refractivity contribution < 1.29 is 4.74 Å². The Morgan fingerprint density at radius 3 is 2.74 bits per heavy atom. The van der Waals surface area contributed by atoms with Crippen LogP contribution >= 0.6 is 0 Å². The molecule has 0 aliphatic rings. The lowest BCUT2D eigenvalue weighted by atomic mass is 10.0. The lowest BCUT2D eigenvalue weighted by Crippen LogP contribution is -2.20. The van der Waals surface area contributed by atoms with E-state index < -0.39 is 0 Å². The summed E-state index contributed by atoms with van der Waals surface area (Å²) in [5.74, 6) is 1.66. The van der Waals surface area contributed by atoms with Crippen molar-refractivity contribution in [2.24, 2.45) is 5.92 Å². The van der Waals surface area contributed by atoms with Crippen molar-refractivity contribution in [1.82, 2.24) is 5.32 Å². The van der Waals surface area contributed by atoms with E-state index in [2.05, 4.69) is 51.2 Å². The van der Waals surface area contributed by atoms with Gasteiger partial charge in [-0.05, 0) is 57.0 Å². The number of benzene rings is 1. The first-order chi connectivity index (χ1) is 9.04. The largest absolute Gasteiger partial charge is 0.496 e. The highest BCUT2D eigenvalue weighted by Crippen LogP contribution is 2.26. The minimum Gasteiger partial charge on any atom is -0.496 e. The summed E-state index contributed by atoms with van der Waals surface area (Å²) in [4.78, 5) is 0. The van der Waals surface area contributed by atoms with E-state index in [0.29, 0.717) is 5.92 Å². The molecule has 0 unspecified atom stereocenters. The van der Waals surface area contributed by atoms with Gasteiger partial charge in [-0.15, -0.1) is 0 Å². The minimum absolute atomic E-state index is 0.710. The molecule has 1 rings (SSSR count). The van der Waals surface area contributed by atoms with E-state index in [-0.39, 0.29) is 0 Å². The second kappa shape index (κ2) is 8.00. The Bertz CT molecular complexity index is 421. The van der Waals surface area contributed by atoms with Crippen molar-refractivity contribution in [3.63, 3.8) is 0 Å². The Kier molecular flexibility index (Phi) is 6.65. The molecule has 0 spiro atoms. The molecule has 0 bridgehead atoms. The van der Waals surface area contributed by atoms with E-state index in [0.717, 1.165) is 25.3 Å². The van der Waals surface area contributed by atoms with Crippen molar-refractivity contribution in [1.29, 1.82) is 0 Å². The van der Waals surface area contributed by atoms with E-state index in [1.54, 1.807) is 7.11 Å². The zero-order valence-electron chi connectivity index (χ0n) is 12.9. The number of allylic oxidation sites excluding steroid dienone is 1. The number of hydrogen-bond acceptors (Lipinski definition) is 2. The van der Waals surface area contributed by atoms with Crippen molar-refractivity contribution in [3.05, 3.63) is 35.4 Å². The van der Waals surface area contributed by atoms with Crippen LogP contribution in [0.3, 0.4) is 0 Å². The maximum absolute atomic E-state index is 5.42. The summed E-state index contributed by atoms with van der Waals surface area (Å²) in [6.07, 6.45) is 3.33. The highest BCUT2D eigenvalue weighted by molar-refractivity contribution is 5.69. The fourth-order valence-electron chi connectivity index (χ4n) is 2.02. The lowest BCUT2D eigenvalue weighted by molar-refractivity contribution is 0.413. The molecule has 2 heteroatoms. The van der Waals surface area contributed by atoms with Crippen LogP contribution in [0.15, 0.2) is 24.3 Å². The summed E-state index contributed by atoms with van der Waals surface area (Å²) in [6, 6.07) is 6.31. The molecule has 0 aromatic heterocycles. The molecule has 1 aromatic carbocycles. The maximum atomic E-state index is 5.42. The van der Waals surface area contributed by atoms with Gasteiger partial charge in [-0.1, -0.05) is 31.6 Å². The summed E-state index contributed by atoms with van der Waals surface area (Å²) in [6.45, 7) is 10.8. The summed E-state index contributed by atoms with van der Waals surface area (Å²) < 4.78 is 5.42. The second-order valence-corrected chi connectivity index (χ2v) is 5.48. The van der Waals surface area contributed by atoms with E-state index in [1.165, 1.54) is 16.7 Å². The summed E-state index contributed by atoms with van der Waals surface area (Å²) >= 11 is 0. The van der Waals surface area contributed by atoms with Crippen LogP contribution in [0.2, 0.25) is 0 Å². The second-order valence-electron chi connectivity index (χ2n) is 5.48. The van der Waals surface area contributed by atoms with Crippen LogP contribution in [-0.2, 0) is 0 Å². The molecule has 1 N–H and O–H groups in total. The highest BCUT2D eigenvalue weighted by atomic mass is 16.5. The number of rotatable bonds is 7. The number of aryl methyl sites for hydroxylation is 1. The third-order valence-electron chi connectivity index (χ3n) is 3.10. The molecule has 0 amide bonds. The smallest absolute Gasteiger partial charge is 0.126 e. The van der Waals surface area contributed by atoms with Crippen LogP contribution < -0.4 is 10.1 Å². The quantitative estimate of drug-likeness (QED) is 0.748. The molecule has 0 radical (unpaired) electrons. The topological polar surface area (TPSA) is 21.3 Å². The van der Waals surface area contributed by atoms with Crippen LogP contribution in [0.5, 0.6) is 5.75 Å². The molecular weight excluding hydrogens is 234 g/mol. The van der Waals surface area contributed by atoms with Crippen LogP contribution in [0, 0.1) is 12.8 Å². The Morgan fingerprint density at radius 1 is 1.37 bits per heavy atom. The molecule has 0 atom stereocenters. The first-order valence-corrected chi connectivity index (χ1v) is 7.07. The van der Waals surface area contributed by atoms with Gasteiger partial charge in [0.1, 0.15) is 5.75 Å². The van der Waals surface area contributed by atoms with Crippen molar-refractivity contribution in [2.45, 2.75) is 34.1 Å². The molecule has 0 saturated carbocycles. The minimum atomic E-state index is 0.710. The van der Waals surface area contributed by atoms with Crippen molar-refractivity contribution in [2.75, 3.05) is 20.2 Å². The van der Waals surface area contributed by atoms with Crippen LogP contribution in [0.25, 0.3) is 5.57 Å². The number of nitrogens with one attached hydrogen (secondary N) is 1. The fourth-order valence-corrected chi connectivity index (χ4v) is 2.02. The first kappa shape index (κ1) is 15.8. The molecule has 0 saturated heterocycles. The van der Waals surface area contributed by atoms with E-state index in [9.17, 15) is 0 Å². The van der Waals surface area contributed by atoms with Crippen molar-refractivity contribution >= 4 is 5.57 Å². The number of hydrogen-bond donors (Lipinski definition) is 1. The van der Waals surface area contributed by atoms with Gasteiger partial charge < -0.3 is 10.1 Å². The van der Waals surface area contributed by atoms with Crippen LogP contribution in [-0.4, -0.2) is 20.2 Å². The summed E-state index contributed by atoms with van der Waals surface area (Å²) in [5.41, 5.74) is 3.75. The van der Waals surface area contributed by atoms with Gasteiger partial charge in [0.05, 0.1) is 7.11 Å². The molecule has 0 fully saturated rings.